The molecule has 0 aliphatic carbocycles. The maximum absolute atomic E-state index is 12.8. The van der Waals surface area contributed by atoms with Gasteiger partial charge in [-0.15, -0.1) is 0 Å². The second kappa shape index (κ2) is 8.48. The maximum atomic E-state index is 12.8. The van der Waals surface area contributed by atoms with Crippen LogP contribution in [0, 0.1) is 0 Å². The number of aromatic nitrogens is 2. The van der Waals surface area contributed by atoms with Gasteiger partial charge in [-0.1, -0.05) is 60.1 Å². The summed E-state index contributed by atoms with van der Waals surface area (Å²) >= 11 is 5.95. The minimum absolute atomic E-state index is 0.154. The van der Waals surface area contributed by atoms with Crippen molar-refractivity contribution in [2.45, 2.75) is 19.5 Å². The lowest BCUT2D eigenvalue weighted by atomic mass is 10.1. The molecule has 0 aliphatic rings. The van der Waals surface area contributed by atoms with Crippen LogP contribution in [0.4, 0.5) is 0 Å². The molecule has 5 heteroatoms. The van der Waals surface area contributed by atoms with E-state index >= 15 is 0 Å². The van der Waals surface area contributed by atoms with Gasteiger partial charge in [0.05, 0.1) is 17.1 Å². The Labute approximate surface area is 191 Å². The van der Waals surface area contributed by atoms with Crippen molar-refractivity contribution in [1.29, 1.82) is 0 Å². The first-order chi connectivity index (χ1) is 15.6. The first-order valence-electron chi connectivity index (χ1n) is 10.6. The molecule has 5 rings (SSSR count). The van der Waals surface area contributed by atoms with Crippen molar-refractivity contribution in [3.05, 3.63) is 113 Å². The summed E-state index contributed by atoms with van der Waals surface area (Å²) in [5.41, 5.74) is 3.71. The van der Waals surface area contributed by atoms with E-state index in [0.29, 0.717) is 17.1 Å². The van der Waals surface area contributed by atoms with Gasteiger partial charge in [0.2, 0.25) is 0 Å². The normalized spacial score (nSPS) is 12.2. The number of hydrogen-bond acceptors (Lipinski definition) is 2. The number of nitrogens with zero attached hydrogens (tertiary/aromatic N) is 2. The summed E-state index contributed by atoms with van der Waals surface area (Å²) in [4.78, 5) is 17.6. The number of fused-ring (bicyclic) bond motifs is 2. The average Bonchev–Trinajstić information content (AvgIpc) is 3.18. The third kappa shape index (κ3) is 3.97. The van der Waals surface area contributed by atoms with Crippen molar-refractivity contribution in [1.82, 2.24) is 14.9 Å². The standard InChI is InChI=1S/C27H22ClN3O/c1-18(29-27(32)21-12-14-23(28)15-13-21)26-30-24-8-4-5-9-25(24)31(26)17-19-10-11-20-6-2-3-7-22(20)16-19/h2-16,18H,17H2,1H3,(H,29,32). The van der Waals surface area contributed by atoms with E-state index < -0.39 is 0 Å². The zero-order valence-corrected chi connectivity index (χ0v) is 18.4. The van der Waals surface area contributed by atoms with E-state index in [0.717, 1.165) is 16.9 Å². The number of rotatable bonds is 5. The first-order valence-corrected chi connectivity index (χ1v) is 11.0. The van der Waals surface area contributed by atoms with Crippen LogP contribution in [-0.4, -0.2) is 15.5 Å². The molecule has 1 unspecified atom stereocenters. The van der Waals surface area contributed by atoms with Gasteiger partial charge in [0.25, 0.3) is 5.91 Å². The van der Waals surface area contributed by atoms with Gasteiger partial charge < -0.3 is 9.88 Å². The van der Waals surface area contributed by atoms with E-state index in [-0.39, 0.29) is 11.9 Å². The van der Waals surface area contributed by atoms with Gasteiger partial charge in [0.1, 0.15) is 5.82 Å². The van der Waals surface area contributed by atoms with Crippen molar-refractivity contribution in [2.75, 3.05) is 0 Å². The molecule has 0 bridgehead atoms. The van der Waals surface area contributed by atoms with Crippen LogP contribution in [0.5, 0.6) is 0 Å². The Kier molecular flexibility index (Phi) is 5.38. The van der Waals surface area contributed by atoms with Gasteiger partial charge in [-0.3, -0.25) is 4.79 Å². The van der Waals surface area contributed by atoms with E-state index in [9.17, 15) is 4.79 Å². The topological polar surface area (TPSA) is 46.9 Å². The molecule has 1 heterocycles. The number of imidazole rings is 1. The van der Waals surface area contributed by atoms with Gasteiger partial charge in [-0.2, -0.15) is 0 Å². The third-order valence-electron chi connectivity index (χ3n) is 5.68. The highest BCUT2D eigenvalue weighted by atomic mass is 35.5. The molecule has 1 atom stereocenters. The highest BCUT2D eigenvalue weighted by Gasteiger charge is 2.19. The fraction of sp³-hybridized carbons (Fsp3) is 0.111. The molecule has 0 saturated carbocycles. The van der Waals surface area contributed by atoms with Gasteiger partial charge in [0, 0.05) is 17.1 Å². The van der Waals surface area contributed by atoms with Crippen LogP contribution >= 0.6 is 11.6 Å². The van der Waals surface area contributed by atoms with E-state index in [2.05, 4.69) is 58.4 Å². The summed E-state index contributed by atoms with van der Waals surface area (Å²) in [6, 6.07) is 29.5. The molecule has 1 amide bonds. The monoisotopic (exact) mass is 439 g/mol. The van der Waals surface area contributed by atoms with E-state index in [1.54, 1.807) is 24.3 Å². The van der Waals surface area contributed by atoms with Crippen LogP contribution in [0.1, 0.15) is 34.7 Å². The number of halogens is 1. The Morgan fingerprint density at radius 1 is 0.938 bits per heavy atom. The molecule has 0 spiro atoms. The number of benzene rings is 4. The van der Waals surface area contributed by atoms with Crippen molar-refractivity contribution in [3.8, 4) is 0 Å². The van der Waals surface area contributed by atoms with Gasteiger partial charge in [0.15, 0.2) is 0 Å². The van der Waals surface area contributed by atoms with Crippen LogP contribution < -0.4 is 5.32 Å². The molecule has 4 aromatic carbocycles. The highest BCUT2D eigenvalue weighted by molar-refractivity contribution is 6.30. The summed E-state index contributed by atoms with van der Waals surface area (Å²) in [5.74, 6) is 0.667. The van der Waals surface area contributed by atoms with Gasteiger partial charge >= 0.3 is 0 Å². The van der Waals surface area contributed by atoms with Crippen molar-refractivity contribution < 1.29 is 4.79 Å². The van der Waals surface area contributed by atoms with Crippen LogP contribution in [-0.2, 0) is 6.54 Å². The number of carbonyl (C=O) groups excluding carboxylic acids is 1. The molecule has 5 aromatic rings. The predicted octanol–water partition coefficient (Wildman–Crippen LogP) is 6.38. The summed E-state index contributed by atoms with van der Waals surface area (Å²) in [7, 11) is 0. The number of amides is 1. The maximum Gasteiger partial charge on any atom is 0.251 e. The minimum Gasteiger partial charge on any atom is -0.342 e. The number of para-hydroxylation sites is 2. The van der Waals surface area contributed by atoms with Crippen molar-refractivity contribution in [3.63, 3.8) is 0 Å². The van der Waals surface area contributed by atoms with E-state index in [4.69, 9.17) is 16.6 Å². The molecule has 0 radical (unpaired) electrons. The van der Waals surface area contributed by atoms with Crippen molar-refractivity contribution in [2.24, 2.45) is 0 Å². The number of hydrogen-bond donors (Lipinski definition) is 1. The first kappa shape index (κ1) is 20.3. The summed E-state index contributed by atoms with van der Waals surface area (Å²) in [6.45, 7) is 2.63. The lowest BCUT2D eigenvalue weighted by Crippen LogP contribution is -2.28. The molecule has 32 heavy (non-hydrogen) atoms. The highest BCUT2D eigenvalue weighted by Crippen LogP contribution is 2.24. The van der Waals surface area contributed by atoms with Crippen LogP contribution in [0.15, 0.2) is 91.0 Å². The SMILES string of the molecule is CC(NC(=O)c1ccc(Cl)cc1)c1nc2ccccc2n1Cc1ccc2ccccc2c1. The Morgan fingerprint density at radius 3 is 2.47 bits per heavy atom. The Bertz CT molecular complexity index is 1420. The summed E-state index contributed by atoms with van der Waals surface area (Å²) in [5, 5.41) is 6.11. The molecule has 158 valence electrons. The third-order valence-corrected chi connectivity index (χ3v) is 5.93. The molecule has 0 saturated heterocycles. The second-order valence-corrected chi connectivity index (χ2v) is 8.36. The molecule has 1 aromatic heterocycles. The van der Waals surface area contributed by atoms with E-state index in [1.807, 2.05) is 25.1 Å². The zero-order valence-electron chi connectivity index (χ0n) is 17.6. The zero-order chi connectivity index (χ0) is 22.1. The van der Waals surface area contributed by atoms with Crippen molar-refractivity contribution >= 4 is 39.3 Å². The lowest BCUT2D eigenvalue weighted by Gasteiger charge is -2.17. The lowest BCUT2D eigenvalue weighted by molar-refractivity contribution is 0.0938. The molecule has 1 N–H and O–H groups in total. The molecular formula is C27H22ClN3O. The smallest absolute Gasteiger partial charge is 0.251 e. The van der Waals surface area contributed by atoms with Crippen LogP contribution in [0.25, 0.3) is 21.8 Å². The average molecular weight is 440 g/mol. The molecule has 0 aliphatic heterocycles. The predicted molar refractivity (Wildman–Crippen MR) is 130 cm³/mol. The molecular weight excluding hydrogens is 418 g/mol. The Hall–Kier alpha value is -3.63. The van der Waals surface area contributed by atoms with Gasteiger partial charge in [-0.05, 0) is 65.7 Å². The number of carbonyl (C=O) groups is 1. The molecule has 0 fully saturated rings. The minimum atomic E-state index is -0.272. The van der Waals surface area contributed by atoms with Gasteiger partial charge in [-0.25, -0.2) is 4.98 Å². The fourth-order valence-electron chi connectivity index (χ4n) is 4.06. The Balaban J connectivity index is 1.49. The van der Waals surface area contributed by atoms with Crippen LogP contribution in [0.3, 0.4) is 0 Å². The quantitative estimate of drug-likeness (QED) is 0.345. The largest absolute Gasteiger partial charge is 0.342 e. The van der Waals surface area contributed by atoms with Crippen LogP contribution in [0.2, 0.25) is 5.02 Å². The summed E-state index contributed by atoms with van der Waals surface area (Å²) < 4.78 is 2.19. The fourth-order valence-corrected chi connectivity index (χ4v) is 4.18. The summed E-state index contributed by atoms with van der Waals surface area (Å²) in [6.07, 6.45) is 0. The second-order valence-electron chi connectivity index (χ2n) is 7.93. The Morgan fingerprint density at radius 2 is 1.66 bits per heavy atom. The number of nitrogens with one attached hydrogen (secondary N) is 1. The molecule has 4 nitrogen and oxygen atoms in total. The van der Waals surface area contributed by atoms with E-state index in [1.165, 1.54) is 16.3 Å².